The van der Waals surface area contributed by atoms with Gasteiger partial charge in [0.25, 0.3) is 11.6 Å². The summed E-state index contributed by atoms with van der Waals surface area (Å²) in [7, 11) is 0. The number of halogens is 3. The summed E-state index contributed by atoms with van der Waals surface area (Å²) in [4.78, 5) is 22.9. The van der Waals surface area contributed by atoms with Crippen molar-refractivity contribution in [2.24, 2.45) is 0 Å². The third-order valence-electron chi connectivity index (χ3n) is 1.57. The first-order chi connectivity index (χ1) is 6.97. The van der Waals surface area contributed by atoms with Crippen LogP contribution in [0.15, 0.2) is 6.07 Å². The minimum atomic E-state index is -3.02. The fraction of sp³-hybridized carbons (Fsp3) is 0.143. The zero-order valence-corrected chi connectivity index (χ0v) is 7.74. The number of aromatic nitrogens is 1. The van der Waals surface area contributed by atoms with Crippen LogP contribution in [0.5, 0.6) is 0 Å². The van der Waals surface area contributed by atoms with E-state index >= 15 is 0 Å². The summed E-state index contributed by atoms with van der Waals surface area (Å²) in [5, 5.41) is 9.68. The number of nitrogens with zero attached hydrogens (tertiary/aromatic N) is 2. The van der Waals surface area contributed by atoms with Crippen LogP contribution < -0.4 is 0 Å². The average Bonchev–Trinajstić information content (AvgIpc) is 2.16. The number of pyridine rings is 1. The molecule has 8 heteroatoms. The van der Waals surface area contributed by atoms with Gasteiger partial charge in [-0.1, -0.05) is 0 Å². The standard InChI is InChI=1S/C7H3ClF2N2O3/c8-6-4(2-13)3(7(9)10)1-5(11-6)12(14)15/h1-2,7H. The van der Waals surface area contributed by atoms with Gasteiger partial charge in [0.15, 0.2) is 6.29 Å². The molecule has 1 aromatic heterocycles. The van der Waals surface area contributed by atoms with Crippen molar-refractivity contribution in [3.05, 3.63) is 32.5 Å². The molecule has 0 unspecified atom stereocenters. The van der Waals surface area contributed by atoms with Gasteiger partial charge in [0, 0.05) is 11.6 Å². The highest BCUT2D eigenvalue weighted by Crippen LogP contribution is 2.29. The second-order valence-corrected chi connectivity index (χ2v) is 2.81. The summed E-state index contributed by atoms with van der Waals surface area (Å²) in [6.45, 7) is 0. The lowest BCUT2D eigenvalue weighted by Gasteiger charge is -2.02. The highest BCUT2D eigenvalue weighted by Gasteiger charge is 2.23. The lowest BCUT2D eigenvalue weighted by Crippen LogP contribution is -2.01. The lowest BCUT2D eigenvalue weighted by molar-refractivity contribution is -0.389. The Morgan fingerprint density at radius 1 is 1.60 bits per heavy atom. The fourth-order valence-electron chi connectivity index (χ4n) is 0.920. The molecular weight excluding hydrogens is 234 g/mol. The normalized spacial score (nSPS) is 10.4. The van der Waals surface area contributed by atoms with Crippen LogP contribution in [0.25, 0.3) is 0 Å². The molecule has 0 aliphatic heterocycles. The molecule has 0 fully saturated rings. The van der Waals surface area contributed by atoms with E-state index in [4.69, 9.17) is 11.6 Å². The third kappa shape index (κ3) is 2.24. The molecule has 0 saturated heterocycles. The molecule has 1 heterocycles. The molecule has 0 radical (unpaired) electrons. The predicted molar refractivity (Wildman–Crippen MR) is 46.2 cm³/mol. The van der Waals surface area contributed by atoms with Crippen molar-refractivity contribution in [2.75, 3.05) is 0 Å². The van der Waals surface area contributed by atoms with Crippen molar-refractivity contribution in [2.45, 2.75) is 6.43 Å². The van der Waals surface area contributed by atoms with Crippen molar-refractivity contribution >= 4 is 23.7 Å². The predicted octanol–water partition coefficient (Wildman–Crippen LogP) is 2.39. The van der Waals surface area contributed by atoms with Crippen LogP contribution in [0.3, 0.4) is 0 Å². The topological polar surface area (TPSA) is 73.1 Å². The monoisotopic (exact) mass is 236 g/mol. The second-order valence-electron chi connectivity index (χ2n) is 2.45. The van der Waals surface area contributed by atoms with Gasteiger partial charge in [0.1, 0.15) is 0 Å². The molecule has 0 atom stereocenters. The molecule has 1 aromatic rings. The second kappa shape index (κ2) is 4.26. The van der Waals surface area contributed by atoms with Gasteiger partial charge in [-0.15, -0.1) is 0 Å². The Bertz CT molecular complexity index is 425. The lowest BCUT2D eigenvalue weighted by atomic mass is 10.1. The Labute approximate surface area is 86.8 Å². The third-order valence-corrected chi connectivity index (χ3v) is 1.86. The summed E-state index contributed by atoms with van der Waals surface area (Å²) >= 11 is 5.34. The van der Waals surface area contributed by atoms with E-state index in [0.29, 0.717) is 6.07 Å². The van der Waals surface area contributed by atoms with Gasteiger partial charge < -0.3 is 10.1 Å². The van der Waals surface area contributed by atoms with Crippen molar-refractivity contribution < 1.29 is 18.5 Å². The van der Waals surface area contributed by atoms with Crippen LogP contribution in [0.1, 0.15) is 22.3 Å². The van der Waals surface area contributed by atoms with Gasteiger partial charge in [0.05, 0.1) is 5.56 Å². The summed E-state index contributed by atoms with van der Waals surface area (Å²) in [6, 6.07) is 0.528. The van der Waals surface area contributed by atoms with Crippen molar-refractivity contribution in [3.8, 4) is 0 Å². The number of carbonyl (C=O) groups is 1. The van der Waals surface area contributed by atoms with Crippen molar-refractivity contribution in [1.29, 1.82) is 0 Å². The molecule has 0 saturated carbocycles. The molecule has 0 N–H and O–H groups in total. The smallest absolute Gasteiger partial charge is 0.358 e. The van der Waals surface area contributed by atoms with Gasteiger partial charge in [0.2, 0.25) is 0 Å². The average molecular weight is 237 g/mol. The molecule has 0 aliphatic carbocycles. The highest BCUT2D eigenvalue weighted by molar-refractivity contribution is 6.32. The maximum absolute atomic E-state index is 12.4. The number of hydrogen-bond donors (Lipinski definition) is 0. The number of rotatable bonds is 3. The highest BCUT2D eigenvalue weighted by atomic mass is 35.5. The van der Waals surface area contributed by atoms with E-state index in [1.165, 1.54) is 0 Å². The first kappa shape index (κ1) is 11.4. The van der Waals surface area contributed by atoms with Crippen LogP contribution in [-0.2, 0) is 0 Å². The van der Waals surface area contributed by atoms with E-state index in [0.717, 1.165) is 0 Å². The summed E-state index contributed by atoms with van der Waals surface area (Å²) < 4.78 is 24.7. The van der Waals surface area contributed by atoms with Gasteiger partial charge in [-0.25, -0.2) is 8.78 Å². The Kier molecular flexibility index (Phi) is 3.25. The van der Waals surface area contributed by atoms with Crippen LogP contribution in [0.4, 0.5) is 14.6 Å². The molecule has 0 bridgehead atoms. The SMILES string of the molecule is O=Cc1c(C(F)F)cc([N+](=O)[O-])nc1Cl. The molecule has 0 aliphatic rings. The van der Waals surface area contributed by atoms with Crippen molar-refractivity contribution in [3.63, 3.8) is 0 Å². The van der Waals surface area contributed by atoms with E-state index in [-0.39, 0.29) is 6.29 Å². The van der Waals surface area contributed by atoms with Crippen LogP contribution in [-0.4, -0.2) is 16.2 Å². The summed E-state index contributed by atoms with van der Waals surface area (Å²) in [6.07, 6.45) is -2.94. The maximum atomic E-state index is 12.4. The van der Waals surface area contributed by atoms with Crippen LogP contribution >= 0.6 is 11.6 Å². The van der Waals surface area contributed by atoms with E-state index in [1.54, 1.807) is 0 Å². The van der Waals surface area contributed by atoms with E-state index in [9.17, 15) is 23.7 Å². The quantitative estimate of drug-likeness (QED) is 0.350. The number of carbonyl (C=O) groups excluding carboxylic acids is 1. The number of aldehydes is 1. The van der Waals surface area contributed by atoms with Gasteiger partial charge in [-0.3, -0.25) is 4.79 Å². The van der Waals surface area contributed by atoms with Gasteiger partial charge in [-0.05, 0) is 21.5 Å². The van der Waals surface area contributed by atoms with E-state index < -0.39 is 33.4 Å². The molecule has 0 aromatic carbocycles. The number of nitro groups is 1. The zero-order valence-electron chi connectivity index (χ0n) is 6.99. The molecular formula is C7H3ClF2N2O3. The first-order valence-electron chi connectivity index (χ1n) is 3.55. The van der Waals surface area contributed by atoms with E-state index in [2.05, 4.69) is 4.98 Å². The fourth-order valence-corrected chi connectivity index (χ4v) is 1.16. The van der Waals surface area contributed by atoms with Gasteiger partial charge in [-0.2, -0.15) is 0 Å². The Morgan fingerprint density at radius 2 is 2.20 bits per heavy atom. The largest absolute Gasteiger partial charge is 0.365 e. The van der Waals surface area contributed by atoms with Crippen LogP contribution in [0, 0.1) is 10.1 Å². The Hall–Kier alpha value is -1.63. The molecule has 0 spiro atoms. The van der Waals surface area contributed by atoms with E-state index in [1.807, 2.05) is 0 Å². The van der Waals surface area contributed by atoms with Crippen molar-refractivity contribution in [1.82, 2.24) is 4.98 Å². The molecule has 1 rings (SSSR count). The summed E-state index contributed by atoms with van der Waals surface area (Å²) in [5.41, 5.74) is -1.33. The van der Waals surface area contributed by atoms with Gasteiger partial charge >= 0.3 is 5.82 Å². The maximum Gasteiger partial charge on any atom is 0.365 e. The minimum absolute atomic E-state index is 0.0839. The Morgan fingerprint density at radius 3 is 2.60 bits per heavy atom. The molecule has 15 heavy (non-hydrogen) atoms. The zero-order chi connectivity index (χ0) is 11.6. The Balaban J connectivity index is 3.45. The minimum Gasteiger partial charge on any atom is -0.358 e. The molecule has 0 amide bonds. The molecule has 80 valence electrons. The first-order valence-corrected chi connectivity index (χ1v) is 3.93. The van der Waals surface area contributed by atoms with Crippen LogP contribution in [0.2, 0.25) is 5.15 Å². The molecule has 5 nitrogen and oxygen atoms in total. The number of hydrogen-bond acceptors (Lipinski definition) is 4. The number of alkyl halides is 2. The summed E-state index contributed by atoms with van der Waals surface area (Å²) in [5.74, 6) is -0.819.